The van der Waals surface area contributed by atoms with Gasteiger partial charge in [0.2, 0.25) is 0 Å². The summed E-state index contributed by atoms with van der Waals surface area (Å²) in [6.45, 7) is 1.98. The average molecular weight is 447 g/mol. The Morgan fingerprint density at radius 1 is 1.22 bits per heavy atom. The second-order valence-corrected chi connectivity index (χ2v) is 8.39. The standard InChI is InChI=1S/C23H18FN5O2S/c1-12-2-4-13(5-3-12)18(9-19(30)31)27-21-15-6-7-32-23(15)29-22(28-21)17-11-26-20-16(17)8-14(24)10-25-20/h2-8,10-11,18H,9H2,1H3,(H,25,26)(H,30,31)(H,27,28,29). The number of nitrogens with zero attached hydrogens (tertiary/aromatic N) is 3. The van der Waals surface area contributed by atoms with Gasteiger partial charge in [0.25, 0.3) is 0 Å². The number of benzene rings is 1. The van der Waals surface area contributed by atoms with E-state index in [0.29, 0.717) is 28.2 Å². The second-order valence-electron chi connectivity index (χ2n) is 7.49. The molecule has 5 aromatic rings. The van der Waals surface area contributed by atoms with E-state index in [1.165, 1.54) is 17.4 Å². The summed E-state index contributed by atoms with van der Waals surface area (Å²) in [6, 6.07) is 10.5. The lowest BCUT2D eigenvalue weighted by Gasteiger charge is -2.19. The third kappa shape index (κ3) is 3.78. The van der Waals surface area contributed by atoms with Gasteiger partial charge in [-0.15, -0.1) is 11.3 Å². The van der Waals surface area contributed by atoms with Gasteiger partial charge in [0.15, 0.2) is 5.82 Å². The number of hydrogen-bond donors (Lipinski definition) is 3. The topological polar surface area (TPSA) is 104 Å². The summed E-state index contributed by atoms with van der Waals surface area (Å²) in [5, 5.41) is 16.1. The summed E-state index contributed by atoms with van der Waals surface area (Å²) < 4.78 is 13.8. The van der Waals surface area contributed by atoms with Crippen LogP contribution in [0.15, 0.2) is 54.2 Å². The summed E-state index contributed by atoms with van der Waals surface area (Å²) >= 11 is 1.45. The molecule has 0 fully saturated rings. The predicted octanol–water partition coefficient (Wildman–Crippen LogP) is 5.31. The molecule has 32 heavy (non-hydrogen) atoms. The van der Waals surface area contributed by atoms with Gasteiger partial charge in [0, 0.05) is 17.1 Å². The van der Waals surface area contributed by atoms with Crippen molar-refractivity contribution in [2.75, 3.05) is 5.32 Å². The zero-order chi connectivity index (χ0) is 22.2. The first-order chi connectivity index (χ1) is 15.5. The van der Waals surface area contributed by atoms with Gasteiger partial charge in [-0.2, -0.15) is 0 Å². The van der Waals surface area contributed by atoms with E-state index in [-0.39, 0.29) is 6.42 Å². The molecular weight excluding hydrogens is 429 g/mol. The highest BCUT2D eigenvalue weighted by Crippen LogP contribution is 2.33. The summed E-state index contributed by atoms with van der Waals surface area (Å²) in [6.07, 6.45) is 2.73. The van der Waals surface area contributed by atoms with Crippen molar-refractivity contribution in [3.8, 4) is 11.4 Å². The molecule has 4 heterocycles. The fourth-order valence-corrected chi connectivity index (χ4v) is 4.40. The number of aliphatic carboxylic acids is 1. The van der Waals surface area contributed by atoms with Gasteiger partial charge in [0.1, 0.15) is 22.1 Å². The Bertz CT molecular complexity index is 1440. The molecule has 0 aliphatic rings. The number of rotatable bonds is 6. The van der Waals surface area contributed by atoms with Crippen molar-refractivity contribution in [2.24, 2.45) is 0 Å². The maximum atomic E-state index is 13.8. The van der Waals surface area contributed by atoms with Crippen molar-refractivity contribution < 1.29 is 14.3 Å². The van der Waals surface area contributed by atoms with Crippen LogP contribution in [0.5, 0.6) is 0 Å². The van der Waals surface area contributed by atoms with Crippen molar-refractivity contribution in [3.63, 3.8) is 0 Å². The normalized spacial score (nSPS) is 12.3. The number of anilines is 1. The molecule has 0 amide bonds. The molecule has 1 atom stereocenters. The summed E-state index contributed by atoms with van der Waals surface area (Å²) in [5.74, 6) is -0.442. The number of thiophene rings is 1. The van der Waals surface area contributed by atoms with Gasteiger partial charge in [-0.05, 0) is 30.0 Å². The van der Waals surface area contributed by atoms with Crippen LogP contribution in [0.25, 0.3) is 32.6 Å². The van der Waals surface area contributed by atoms with Crippen LogP contribution in [0.1, 0.15) is 23.6 Å². The number of carboxylic acid groups (broad SMARTS) is 1. The molecule has 0 saturated carbocycles. The van der Waals surface area contributed by atoms with Crippen LogP contribution in [0.2, 0.25) is 0 Å². The van der Waals surface area contributed by atoms with Crippen molar-refractivity contribution in [3.05, 3.63) is 71.1 Å². The summed E-state index contributed by atoms with van der Waals surface area (Å²) in [7, 11) is 0. The number of nitrogens with one attached hydrogen (secondary N) is 2. The smallest absolute Gasteiger partial charge is 0.305 e. The monoisotopic (exact) mass is 447 g/mol. The first-order valence-electron chi connectivity index (χ1n) is 9.91. The molecule has 4 aromatic heterocycles. The maximum absolute atomic E-state index is 13.8. The Hall–Kier alpha value is -3.85. The molecule has 9 heteroatoms. The molecule has 3 N–H and O–H groups in total. The molecule has 160 valence electrons. The van der Waals surface area contributed by atoms with Gasteiger partial charge in [-0.3, -0.25) is 4.79 Å². The molecule has 1 unspecified atom stereocenters. The molecule has 5 rings (SSSR count). The van der Waals surface area contributed by atoms with Crippen LogP contribution in [-0.2, 0) is 4.79 Å². The Morgan fingerprint density at radius 2 is 2.03 bits per heavy atom. The van der Waals surface area contributed by atoms with Gasteiger partial charge in [-0.1, -0.05) is 29.8 Å². The zero-order valence-electron chi connectivity index (χ0n) is 17.0. The van der Waals surface area contributed by atoms with E-state index in [1.807, 2.05) is 42.6 Å². The van der Waals surface area contributed by atoms with Crippen LogP contribution in [0, 0.1) is 12.7 Å². The van der Waals surface area contributed by atoms with Gasteiger partial charge in [-0.25, -0.2) is 19.3 Å². The van der Waals surface area contributed by atoms with Crippen LogP contribution < -0.4 is 5.32 Å². The Balaban J connectivity index is 1.61. The number of H-pyrrole nitrogens is 1. The lowest BCUT2D eigenvalue weighted by atomic mass is 10.0. The summed E-state index contributed by atoms with van der Waals surface area (Å²) in [5.41, 5.74) is 3.09. The maximum Gasteiger partial charge on any atom is 0.305 e. The predicted molar refractivity (Wildman–Crippen MR) is 122 cm³/mol. The van der Waals surface area contributed by atoms with E-state index >= 15 is 0 Å². The SMILES string of the molecule is Cc1ccc(C(CC(=O)O)Nc2nc(-c3c[nH]c4ncc(F)cc34)nc3sccc23)cc1. The lowest BCUT2D eigenvalue weighted by molar-refractivity contribution is -0.137. The quantitative estimate of drug-likeness (QED) is 0.326. The first kappa shape index (κ1) is 20.1. The number of aromatic amines is 1. The molecule has 0 radical (unpaired) electrons. The third-order valence-electron chi connectivity index (χ3n) is 5.23. The van der Waals surface area contributed by atoms with Crippen molar-refractivity contribution in [2.45, 2.75) is 19.4 Å². The van der Waals surface area contributed by atoms with Crippen molar-refractivity contribution in [1.29, 1.82) is 0 Å². The number of carboxylic acids is 1. The highest BCUT2D eigenvalue weighted by molar-refractivity contribution is 7.16. The number of halogens is 1. The van der Waals surface area contributed by atoms with Gasteiger partial charge in [0.05, 0.1) is 24.0 Å². The molecule has 0 spiro atoms. The highest BCUT2D eigenvalue weighted by atomic mass is 32.1. The molecule has 0 aliphatic heterocycles. The minimum absolute atomic E-state index is 0.115. The highest BCUT2D eigenvalue weighted by Gasteiger charge is 2.20. The van der Waals surface area contributed by atoms with E-state index < -0.39 is 17.8 Å². The fraction of sp³-hybridized carbons (Fsp3) is 0.130. The van der Waals surface area contributed by atoms with Crippen molar-refractivity contribution in [1.82, 2.24) is 19.9 Å². The molecule has 0 saturated heterocycles. The van der Waals surface area contributed by atoms with Crippen LogP contribution in [-0.4, -0.2) is 31.0 Å². The second kappa shape index (κ2) is 8.01. The van der Waals surface area contributed by atoms with E-state index in [4.69, 9.17) is 4.98 Å². The largest absolute Gasteiger partial charge is 0.481 e. The summed E-state index contributed by atoms with van der Waals surface area (Å²) in [4.78, 5) is 28.8. The Morgan fingerprint density at radius 3 is 2.81 bits per heavy atom. The molecule has 1 aromatic carbocycles. The lowest BCUT2D eigenvalue weighted by Crippen LogP contribution is -2.16. The molecular formula is C23H18FN5O2S. The average Bonchev–Trinajstić information content (AvgIpc) is 3.40. The van der Waals surface area contributed by atoms with Gasteiger partial charge < -0.3 is 15.4 Å². The first-order valence-corrected chi connectivity index (χ1v) is 10.8. The zero-order valence-corrected chi connectivity index (χ0v) is 17.8. The van der Waals surface area contributed by atoms with E-state index in [1.54, 1.807) is 6.20 Å². The number of aryl methyl sites for hydroxylation is 1. The number of pyridine rings is 1. The van der Waals surface area contributed by atoms with Crippen LogP contribution >= 0.6 is 11.3 Å². The van der Waals surface area contributed by atoms with Crippen molar-refractivity contribution >= 4 is 44.4 Å². The van der Waals surface area contributed by atoms with Crippen LogP contribution in [0.4, 0.5) is 10.2 Å². The molecule has 0 aliphatic carbocycles. The van der Waals surface area contributed by atoms with Gasteiger partial charge >= 0.3 is 5.97 Å². The Kier molecular flexibility index (Phi) is 5.02. The van der Waals surface area contributed by atoms with E-state index in [0.717, 1.165) is 27.5 Å². The number of hydrogen-bond acceptors (Lipinski definition) is 6. The number of aromatic nitrogens is 4. The molecule has 7 nitrogen and oxygen atoms in total. The number of fused-ring (bicyclic) bond motifs is 2. The molecule has 0 bridgehead atoms. The fourth-order valence-electron chi connectivity index (χ4n) is 3.64. The number of carbonyl (C=O) groups is 1. The van der Waals surface area contributed by atoms with E-state index in [9.17, 15) is 14.3 Å². The minimum atomic E-state index is -0.919. The third-order valence-corrected chi connectivity index (χ3v) is 6.04. The minimum Gasteiger partial charge on any atom is -0.481 e. The Labute approximate surface area is 186 Å². The van der Waals surface area contributed by atoms with E-state index in [2.05, 4.69) is 20.3 Å². The van der Waals surface area contributed by atoms with Crippen LogP contribution in [0.3, 0.4) is 0 Å².